The third-order valence-electron chi connectivity index (χ3n) is 2.54. The van der Waals surface area contributed by atoms with E-state index in [-0.39, 0.29) is 16.9 Å². The first-order valence-corrected chi connectivity index (χ1v) is 5.53. The number of carbonyl (C=O) groups is 1. The van der Waals surface area contributed by atoms with Crippen molar-refractivity contribution < 1.29 is 14.6 Å². The molecule has 0 radical (unpaired) electrons. The van der Waals surface area contributed by atoms with Crippen molar-refractivity contribution in [3.05, 3.63) is 11.3 Å². The van der Waals surface area contributed by atoms with E-state index in [0.29, 0.717) is 18.7 Å². The summed E-state index contributed by atoms with van der Waals surface area (Å²) in [5.74, 6) is -0.506. The molecule has 0 unspecified atom stereocenters. The van der Waals surface area contributed by atoms with Gasteiger partial charge in [0.15, 0.2) is 0 Å². The van der Waals surface area contributed by atoms with E-state index in [1.807, 2.05) is 13.8 Å². The van der Waals surface area contributed by atoms with Gasteiger partial charge in [-0.3, -0.25) is 4.99 Å². The summed E-state index contributed by atoms with van der Waals surface area (Å²) in [6.07, 6.45) is 1.59. The van der Waals surface area contributed by atoms with Gasteiger partial charge in [-0.15, -0.1) is 0 Å². The second-order valence-corrected chi connectivity index (χ2v) is 4.55. The molecule has 1 heterocycles. The number of hydrogen-bond acceptors (Lipinski definition) is 4. The number of hydrogen-bond donors (Lipinski definition) is 1. The third-order valence-corrected chi connectivity index (χ3v) is 2.54. The van der Waals surface area contributed by atoms with Gasteiger partial charge >= 0.3 is 5.97 Å². The molecule has 0 aromatic carbocycles. The predicted octanol–water partition coefficient (Wildman–Crippen LogP) is 2.39. The molecule has 90 valence electrons. The molecule has 0 fully saturated rings. The Labute approximate surface area is 96.0 Å². The lowest BCUT2D eigenvalue weighted by Crippen LogP contribution is -2.17. The van der Waals surface area contributed by atoms with E-state index in [4.69, 9.17) is 4.74 Å². The molecular formula is C12H19NO3. The number of aliphatic hydroxyl groups excluding tert-OH is 1. The topological polar surface area (TPSA) is 58.9 Å². The SMILES string of the molecule is CCOC(=O)/C(C1=NC(C)(C)CC1)=C(/C)O. The van der Waals surface area contributed by atoms with E-state index in [1.165, 1.54) is 6.92 Å². The highest BCUT2D eigenvalue weighted by Crippen LogP contribution is 2.28. The minimum atomic E-state index is -0.487. The van der Waals surface area contributed by atoms with Crippen molar-refractivity contribution in [1.29, 1.82) is 0 Å². The molecule has 0 aromatic heterocycles. The molecule has 16 heavy (non-hydrogen) atoms. The van der Waals surface area contributed by atoms with Gasteiger partial charge in [-0.2, -0.15) is 0 Å². The summed E-state index contributed by atoms with van der Waals surface area (Å²) in [6.45, 7) is 7.54. The first kappa shape index (κ1) is 12.7. The van der Waals surface area contributed by atoms with Gasteiger partial charge in [-0.05, 0) is 40.5 Å². The zero-order valence-electron chi connectivity index (χ0n) is 10.3. The first-order valence-electron chi connectivity index (χ1n) is 5.53. The maximum Gasteiger partial charge on any atom is 0.343 e. The summed E-state index contributed by atoms with van der Waals surface area (Å²) in [7, 11) is 0. The van der Waals surface area contributed by atoms with Crippen LogP contribution in [0.15, 0.2) is 16.3 Å². The molecular weight excluding hydrogens is 206 g/mol. The Balaban J connectivity index is 2.99. The van der Waals surface area contributed by atoms with Crippen LogP contribution in [0.5, 0.6) is 0 Å². The van der Waals surface area contributed by atoms with E-state index in [9.17, 15) is 9.90 Å². The van der Waals surface area contributed by atoms with Crippen molar-refractivity contribution in [2.75, 3.05) is 6.61 Å². The highest BCUT2D eigenvalue weighted by molar-refractivity contribution is 6.20. The quantitative estimate of drug-likeness (QED) is 0.456. The number of esters is 1. The molecule has 0 amide bonds. The van der Waals surface area contributed by atoms with Crippen molar-refractivity contribution in [1.82, 2.24) is 0 Å². The number of aliphatic imine (C=N–C) groups is 1. The lowest BCUT2D eigenvalue weighted by molar-refractivity contribution is -0.138. The van der Waals surface area contributed by atoms with Gasteiger partial charge in [0.25, 0.3) is 0 Å². The number of ether oxygens (including phenoxy) is 1. The Morgan fingerprint density at radius 1 is 1.56 bits per heavy atom. The molecule has 0 saturated carbocycles. The van der Waals surface area contributed by atoms with Crippen LogP contribution in [-0.4, -0.2) is 28.9 Å². The van der Waals surface area contributed by atoms with E-state index in [1.54, 1.807) is 6.92 Å². The summed E-state index contributed by atoms with van der Waals surface area (Å²) >= 11 is 0. The van der Waals surface area contributed by atoms with Crippen LogP contribution in [0.25, 0.3) is 0 Å². The third kappa shape index (κ3) is 2.84. The zero-order chi connectivity index (χ0) is 12.3. The van der Waals surface area contributed by atoms with Crippen LogP contribution < -0.4 is 0 Å². The normalized spacial score (nSPS) is 20.1. The van der Waals surface area contributed by atoms with Crippen LogP contribution >= 0.6 is 0 Å². The second kappa shape index (κ2) is 4.68. The van der Waals surface area contributed by atoms with Crippen LogP contribution in [0.4, 0.5) is 0 Å². The second-order valence-electron chi connectivity index (χ2n) is 4.55. The summed E-state index contributed by atoms with van der Waals surface area (Å²) in [6, 6.07) is 0. The highest BCUT2D eigenvalue weighted by atomic mass is 16.5. The van der Waals surface area contributed by atoms with Gasteiger partial charge in [0, 0.05) is 0 Å². The van der Waals surface area contributed by atoms with Crippen LogP contribution in [0.1, 0.15) is 40.5 Å². The lowest BCUT2D eigenvalue weighted by atomic mass is 10.0. The Bertz CT molecular complexity index is 349. The zero-order valence-corrected chi connectivity index (χ0v) is 10.3. The number of allylic oxidation sites excluding steroid dienone is 1. The molecule has 0 aliphatic carbocycles. The smallest absolute Gasteiger partial charge is 0.343 e. The van der Waals surface area contributed by atoms with Gasteiger partial charge in [-0.1, -0.05) is 0 Å². The summed E-state index contributed by atoms with van der Waals surface area (Å²) in [5.41, 5.74) is 0.735. The van der Waals surface area contributed by atoms with E-state index < -0.39 is 5.97 Å². The van der Waals surface area contributed by atoms with Crippen LogP contribution in [-0.2, 0) is 9.53 Å². The van der Waals surface area contributed by atoms with E-state index in [0.717, 1.165) is 6.42 Å². The summed E-state index contributed by atoms with van der Waals surface area (Å²) < 4.78 is 4.91. The molecule has 0 aromatic rings. The standard InChI is InChI=1S/C12H19NO3/c1-5-16-11(15)10(8(2)14)9-6-7-12(3,4)13-9/h14H,5-7H2,1-4H3/b10-8-. The molecule has 1 N–H and O–H groups in total. The molecule has 0 spiro atoms. The molecule has 4 nitrogen and oxygen atoms in total. The molecule has 0 atom stereocenters. The van der Waals surface area contributed by atoms with Gasteiger partial charge in [0.05, 0.1) is 17.9 Å². The minimum absolute atomic E-state index is 0.0186. The van der Waals surface area contributed by atoms with Crippen LogP contribution in [0, 0.1) is 0 Å². The fraction of sp³-hybridized carbons (Fsp3) is 0.667. The molecule has 0 bridgehead atoms. The minimum Gasteiger partial charge on any atom is -0.512 e. The van der Waals surface area contributed by atoms with Crippen molar-refractivity contribution >= 4 is 11.7 Å². The lowest BCUT2D eigenvalue weighted by Gasteiger charge is -2.11. The van der Waals surface area contributed by atoms with Crippen molar-refractivity contribution in [3.8, 4) is 0 Å². The number of rotatable bonds is 3. The van der Waals surface area contributed by atoms with E-state index in [2.05, 4.69) is 4.99 Å². The average Bonchev–Trinajstić information content (AvgIpc) is 2.46. The maximum absolute atomic E-state index is 11.7. The van der Waals surface area contributed by atoms with Crippen molar-refractivity contribution in [3.63, 3.8) is 0 Å². The fourth-order valence-electron chi connectivity index (χ4n) is 1.76. The van der Waals surface area contributed by atoms with Crippen molar-refractivity contribution in [2.45, 2.75) is 46.1 Å². The van der Waals surface area contributed by atoms with Gasteiger partial charge in [0.1, 0.15) is 11.3 Å². The van der Waals surface area contributed by atoms with Crippen LogP contribution in [0.3, 0.4) is 0 Å². The Morgan fingerprint density at radius 3 is 2.56 bits per heavy atom. The summed E-state index contributed by atoms with van der Waals surface area (Å²) in [4.78, 5) is 16.1. The Hall–Kier alpha value is -1.32. The number of nitrogens with zero attached hydrogens (tertiary/aromatic N) is 1. The number of aliphatic hydroxyl groups is 1. The molecule has 4 heteroatoms. The van der Waals surface area contributed by atoms with Crippen molar-refractivity contribution in [2.24, 2.45) is 4.99 Å². The van der Waals surface area contributed by atoms with Gasteiger partial charge < -0.3 is 9.84 Å². The summed E-state index contributed by atoms with van der Waals surface area (Å²) in [5, 5.41) is 9.54. The predicted molar refractivity (Wildman–Crippen MR) is 62.7 cm³/mol. The largest absolute Gasteiger partial charge is 0.512 e. The maximum atomic E-state index is 11.7. The molecule has 1 aliphatic rings. The number of carbonyl (C=O) groups excluding carboxylic acids is 1. The first-order chi connectivity index (χ1) is 7.37. The fourth-order valence-corrected chi connectivity index (χ4v) is 1.76. The Kier molecular flexibility index (Phi) is 3.73. The Morgan fingerprint density at radius 2 is 2.19 bits per heavy atom. The van der Waals surface area contributed by atoms with E-state index >= 15 is 0 Å². The molecule has 0 saturated heterocycles. The average molecular weight is 225 g/mol. The molecule has 1 aliphatic heterocycles. The van der Waals surface area contributed by atoms with Gasteiger partial charge in [0.2, 0.25) is 0 Å². The highest BCUT2D eigenvalue weighted by Gasteiger charge is 2.30. The molecule has 1 rings (SSSR count). The monoisotopic (exact) mass is 225 g/mol. The van der Waals surface area contributed by atoms with Crippen LogP contribution in [0.2, 0.25) is 0 Å². The van der Waals surface area contributed by atoms with Gasteiger partial charge in [-0.25, -0.2) is 4.79 Å².